The molecule has 1 atom stereocenters. The van der Waals surface area contributed by atoms with Gasteiger partial charge in [0, 0.05) is 13.0 Å². The lowest BCUT2D eigenvalue weighted by Crippen LogP contribution is -2.34. The summed E-state index contributed by atoms with van der Waals surface area (Å²) in [6.45, 7) is 2.70. The lowest BCUT2D eigenvalue weighted by Gasteiger charge is -2.19. The third-order valence-corrected chi connectivity index (χ3v) is 2.02. The molecule has 1 amide bonds. The number of hydrogen-bond donors (Lipinski definition) is 0. The van der Waals surface area contributed by atoms with E-state index in [2.05, 4.69) is 6.07 Å². The van der Waals surface area contributed by atoms with Gasteiger partial charge in [0.05, 0.1) is 6.07 Å². The second-order valence-electron chi connectivity index (χ2n) is 2.74. The molecule has 0 aromatic carbocycles. The summed E-state index contributed by atoms with van der Waals surface area (Å²) >= 11 is 0. The summed E-state index contributed by atoms with van der Waals surface area (Å²) < 4.78 is 0. The quantitative estimate of drug-likeness (QED) is 0.590. The van der Waals surface area contributed by atoms with E-state index in [1.165, 1.54) is 0 Å². The molecule has 3 nitrogen and oxygen atoms in total. The van der Waals surface area contributed by atoms with Crippen LogP contribution < -0.4 is 0 Å². The Morgan fingerprint density at radius 2 is 2.55 bits per heavy atom. The summed E-state index contributed by atoms with van der Waals surface area (Å²) in [5.41, 5.74) is 0. The van der Waals surface area contributed by atoms with Crippen LogP contribution in [0.15, 0.2) is 0 Å². The fourth-order valence-corrected chi connectivity index (χ4v) is 1.38. The fourth-order valence-electron chi connectivity index (χ4n) is 1.38. The zero-order valence-corrected chi connectivity index (χ0v) is 6.71. The van der Waals surface area contributed by atoms with Gasteiger partial charge in [0.25, 0.3) is 0 Å². The van der Waals surface area contributed by atoms with Gasteiger partial charge in [-0.2, -0.15) is 5.26 Å². The molecular weight excluding hydrogens is 140 g/mol. The first-order valence-corrected chi connectivity index (χ1v) is 3.98. The molecule has 0 radical (unpaired) electrons. The molecule has 1 aliphatic rings. The van der Waals surface area contributed by atoms with Crippen molar-refractivity contribution in [1.29, 1.82) is 5.26 Å². The van der Waals surface area contributed by atoms with Crippen LogP contribution in [0.25, 0.3) is 0 Å². The number of amides is 1. The predicted octanol–water partition coefficient (Wildman–Crippen LogP) is 0.911. The zero-order valence-electron chi connectivity index (χ0n) is 6.71. The van der Waals surface area contributed by atoms with Crippen molar-refractivity contribution in [3.8, 4) is 6.07 Å². The highest BCUT2D eigenvalue weighted by Gasteiger charge is 2.26. The van der Waals surface area contributed by atoms with Gasteiger partial charge in [0.2, 0.25) is 5.91 Å². The number of carbonyl (C=O) groups is 1. The SMILES string of the molecule is CCC(C#N)N1CCCC1=O. The minimum atomic E-state index is -0.190. The fraction of sp³-hybridized carbons (Fsp3) is 0.750. The third-order valence-electron chi connectivity index (χ3n) is 2.02. The van der Waals surface area contributed by atoms with Gasteiger partial charge in [-0.3, -0.25) is 4.79 Å². The molecule has 0 aromatic rings. The standard InChI is InChI=1S/C8H12N2O/c1-2-7(6-9)10-5-3-4-8(10)11/h7H,2-5H2,1H3. The van der Waals surface area contributed by atoms with Crippen molar-refractivity contribution < 1.29 is 4.79 Å². The first-order valence-electron chi connectivity index (χ1n) is 3.98. The van der Waals surface area contributed by atoms with Crippen LogP contribution in [0.1, 0.15) is 26.2 Å². The minimum Gasteiger partial charge on any atom is -0.327 e. The normalized spacial score (nSPS) is 20.0. The van der Waals surface area contributed by atoms with Crippen LogP contribution >= 0.6 is 0 Å². The van der Waals surface area contributed by atoms with E-state index in [4.69, 9.17) is 5.26 Å². The summed E-state index contributed by atoms with van der Waals surface area (Å²) in [6.07, 6.45) is 2.28. The molecule has 1 rings (SSSR count). The van der Waals surface area contributed by atoms with Gasteiger partial charge in [-0.15, -0.1) is 0 Å². The number of likely N-dealkylation sites (tertiary alicyclic amines) is 1. The smallest absolute Gasteiger partial charge is 0.223 e. The molecule has 1 aliphatic heterocycles. The van der Waals surface area contributed by atoms with E-state index in [0.717, 1.165) is 19.4 Å². The Balaban J connectivity index is 2.59. The highest BCUT2D eigenvalue weighted by molar-refractivity contribution is 5.78. The molecule has 0 spiro atoms. The second kappa shape index (κ2) is 3.38. The molecule has 1 saturated heterocycles. The van der Waals surface area contributed by atoms with Crippen LogP contribution in [0.4, 0.5) is 0 Å². The average molecular weight is 152 g/mol. The Morgan fingerprint density at radius 1 is 1.82 bits per heavy atom. The van der Waals surface area contributed by atoms with Crippen molar-refractivity contribution in [2.45, 2.75) is 32.2 Å². The predicted molar refractivity (Wildman–Crippen MR) is 40.6 cm³/mol. The molecule has 1 heterocycles. The summed E-state index contributed by atoms with van der Waals surface area (Å²) in [7, 11) is 0. The van der Waals surface area contributed by atoms with Gasteiger partial charge >= 0.3 is 0 Å². The molecule has 11 heavy (non-hydrogen) atoms. The van der Waals surface area contributed by atoms with Crippen molar-refractivity contribution in [1.82, 2.24) is 4.90 Å². The lowest BCUT2D eigenvalue weighted by molar-refractivity contribution is -0.128. The Bertz CT molecular complexity index is 195. The molecule has 1 fully saturated rings. The maximum Gasteiger partial charge on any atom is 0.223 e. The van der Waals surface area contributed by atoms with Gasteiger partial charge in [-0.25, -0.2) is 0 Å². The van der Waals surface area contributed by atoms with Crippen molar-refractivity contribution in [3.63, 3.8) is 0 Å². The molecule has 60 valence electrons. The Labute approximate surface area is 66.6 Å². The van der Waals surface area contributed by atoms with Crippen molar-refractivity contribution >= 4 is 5.91 Å². The van der Waals surface area contributed by atoms with E-state index in [9.17, 15) is 4.79 Å². The highest BCUT2D eigenvalue weighted by atomic mass is 16.2. The van der Waals surface area contributed by atoms with Gasteiger partial charge in [0.15, 0.2) is 0 Å². The Morgan fingerprint density at radius 3 is 2.91 bits per heavy atom. The highest BCUT2D eigenvalue weighted by Crippen LogP contribution is 2.14. The van der Waals surface area contributed by atoms with E-state index in [0.29, 0.717) is 6.42 Å². The molecule has 0 aromatic heterocycles. The molecule has 0 aliphatic carbocycles. The van der Waals surface area contributed by atoms with E-state index in [-0.39, 0.29) is 11.9 Å². The third kappa shape index (κ3) is 1.51. The number of nitriles is 1. The van der Waals surface area contributed by atoms with Crippen LogP contribution in [-0.4, -0.2) is 23.4 Å². The first-order chi connectivity index (χ1) is 5.29. The van der Waals surface area contributed by atoms with E-state index in [1.54, 1.807) is 4.90 Å². The van der Waals surface area contributed by atoms with E-state index < -0.39 is 0 Å². The van der Waals surface area contributed by atoms with Gasteiger partial charge in [0.1, 0.15) is 6.04 Å². The van der Waals surface area contributed by atoms with Crippen molar-refractivity contribution in [2.75, 3.05) is 6.54 Å². The van der Waals surface area contributed by atoms with Crippen molar-refractivity contribution in [2.24, 2.45) is 0 Å². The molecule has 0 saturated carbocycles. The number of nitrogens with zero attached hydrogens (tertiary/aromatic N) is 2. The van der Waals surface area contributed by atoms with Crippen molar-refractivity contribution in [3.05, 3.63) is 0 Å². The number of carbonyl (C=O) groups excluding carboxylic acids is 1. The Hall–Kier alpha value is -1.04. The van der Waals surface area contributed by atoms with Crippen LogP contribution in [0.3, 0.4) is 0 Å². The molecule has 3 heteroatoms. The molecule has 0 N–H and O–H groups in total. The average Bonchev–Trinajstić information content (AvgIpc) is 2.40. The van der Waals surface area contributed by atoms with Crippen LogP contribution in [-0.2, 0) is 4.79 Å². The van der Waals surface area contributed by atoms with Crippen LogP contribution in [0, 0.1) is 11.3 Å². The van der Waals surface area contributed by atoms with Gasteiger partial charge in [-0.05, 0) is 12.8 Å². The van der Waals surface area contributed by atoms with E-state index in [1.807, 2.05) is 6.92 Å². The topological polar surface area (TPSA) is 44.1 Å². The number of hydrogen-bond acceptors (Lipinski definition) is 2. The summed E-state index contributed by atoms with van der Waals surface area (Å²) in [5, 5.41) is 8.66. The molecule has 1 unspecified atom stereocenters. The monoisotopic (exact) mass is 152 g/mol. The summed E-state index contributed by atoms with van der Waals surface area (Å²) in [4.78, 5) is 12.8. The maximum absolute atomic E-state index is 11.1. The van der Waals surface area contributed by atoms with E-state index >= 15 is 0 Å². The molecular formula is C8H12N2O. The summed E-state index contributed by atoms with van der Waals surface area (Å²) in [5.74, 6) is 0.137. The second-order valence-corrected chi connectivity index (χ2v) is 2.74. The largest absolute Gasteiger partial charge is 0.327 e. The minimum absolute atomic E-state index is 0.137. The Kier molecular flexibility index (Phi) is 2.48. The zero-order chi connectivity index (χ0) is 8.27. The van der Waals surface area contributed by atoms with Crippen LogP contribution in [0.5, 0.6) is 0 Å². The number of rotatable bonds is 2. The van der Waals surface area contributed by atoms with Gasteiger partial charge < -0.3 is 4.90 Å². The molecule has 0 bridgehead atoms. The maximum atomic E-state index is 11.1. The summed E-state index contributed by atoms with van der Waals surface area (Å²) in [6, 6.07) is 1.94. The first kappa shape index (κ1) is 8.06. The van der Waals surface area contributed by atoms with Gasteiger partial charge in [-0.1, -0.05) is 6.92 Å². The lowest BCUT2D eigenvalue weighted by atomic mass is 10.2. The van der Waals surface area contributed by atoms with Crippen LogP contribution in [0.2, 0.25) is 0 Å².